The molecule has 2 aromatic rings. The van der Waals surface area contributed by atoms with Gasteiger partial charge in [0.1, 0.15) is 0 Å². The zero-order valence-corrected chi connectivity index (χ0v) is 10.7. The Hall–Kier alpha value is -1.13. The van der Waals surface area contributed by atoms with Gasteiger partial charge < -0.3 is 10.1 Å². The largest absolute Gasteiger partial charge is 0.376 e. The van der Waals surface area contributed by atoms with Gasteiger partial charge in [0.25, 0.3) is 0 Å². The van der Waals surface area contributed by atoms with E-state index in [-0.39, 0.29) is 0 Å². The summed E-state index contributed by atoms with van der Waals surface area (Å²) in [6, 6.07) is 6.31. The van der Waals surface area contributed by atoms with Gasteiger partial charge in [0.15, 0.2) is 5.13 Å². The van der Waals surface area contributed by atoms with E-state index in [0.29, 0.717) is 6.10 Å². The maximum atomic E-state index is 5.59. The first-order valence-electron chi connectivity index (χ1n) is 6.04. The van der Waals surface area contributed by atoms with Gasteiger partial charge in [-0.2, -0.15) is 0 Å². The highest BCUT2D eigenvalue weighted by Gasteiger charge is 2.15. The molecule has 0 saturated carbocycles. The van der Waals surface area contributed by atoms with Crippen LogP contribution < -0.4 is 5.32 Å². The van der Waals surface area contributed by atoms with Crippen LogP contribution in [0.4, 0.5) is 5.13 Å². The van der Waals surface area contributed by atoms with Crippen molar-refractivity contribution in [3.63, 3.8) is 0 Å². The Balaban J connectivity index is 1.74. The Bertz CT molecular complexity index is 517. The molecule has 1 fully saturated rings. The minimum absolute atomic E-state index is 0.364. The molecule has 1 atom stereocenters. The summed E-state index contributed by atoms with van der Waals surface area (Å²) in [6.07, 6.45) is 2.71. The lowest BCUT2D eigenvalue weighted by Crippen LogP contribution is -2.18. The van der Waals surface area contributed by atoms with E-state index in [2.05, 4.69) is 35.4 Å². The number of para-hydroxylation sites is 1. The normalized spacial score (nSPS) is 19.9. The summed E-state index contributed by atoms with van der Waals surface area (Å²) < 4.78 is 6.84. The topological polar surface area (TPSA) is 34.1 Å². The monoisotopic (exact) mass is 248 g/mol. The molecule has 1 aliphatic heterocycles. The Labute approximate surface area is 105 Å². The molecular weight excluding hydrogens is 232 g/mol. The van der Waals surface area contributed by atoms with Crippen LogP contribution in [-0.4, -0.2) is 24.2 Å². The number of nitrogens with one attached hydrogen (secondary N) is 1. The molecule has 0 amide bonds. The third-order valence-corrected chi connectivity index (χ3v) is 4.10. The van der Waals surface area contributed by atoms with Crippen LogP contribution in [0.5, 0.6) is 0 Å². The van der Waals surface area contributed by atoms with Crippen molar-refractivity contribution in [1.82, 2.24) is 4.98 Å². The Morgan fingerprint density at radius 1 is 1.53 bits per heavy atom. The van der Waals surface area contributed by atoms with Crippen LogP contribution in [0.1, 0.15) is 18.4 Å². The molecular formula is C13H16N2OS. The molecule has 0 radical (unpaired) electrons. The molecule has 3 nitrogen and oxygen atoms in total. The van der Waals surface area contributed by atoms with Gasteiger partial charge >= 0.3 is 0 Å². The van der Waals surface area contributed by atoms with Crippen LogP contribution in [-0.2, 0) is 4.74 Å². The quantitative estimate of drug-likeness (QED) is 0.905. The van der Waals surface area contributed by atoms with E-state index < -0.39 is 0 Å². The van der Waals surface area contributed by atoms with E-state index in [1.165, 1.54) is 16.7 Å². The lowest BCUT2D eigenvalue weighted by Gasteiger charge is -2.08. The van der Waals surface area contributed by atoms with Crippen LogP contribution >= 0.6 is 11.3 Å². The Kier molecular flexibility index (Phi) is 2.99. The van der Waals surface area contributed by atoms with E-state index in [0.717, 1.165) is 30.2 Å². The molecule has 1 aromatic heterocycles. The molecule has 0 spiro atoms. The number of nitrogens with zero attached hydrogens (tertiary/aromatic N) is 1. The summed E-state index contributed by atoms with van der Waals surface area (Å²) in [4.78, 5) is 4.63. The minimum Gasteiger partial charge on any atom is -0.376 e. The van der Waals surface area contributed by atoms with Gasteiger partial charge in [0, 0.05) is 13.2 Å². The molecule has 17 heavy (non-hydrogen) atoms. The average Bonchev–Trinajstić information content (AvgIpc) is 2.95. The lowest BCUT2D eigenvalue weighted by molar-refractivity contribution is 0.120. The maximum Gasteiger partial charge on any atom is 0.183 e. The van der Waals surface area contributed by atoms with Crippen LogP contribution in [0.3, 0.4) is 0 Å². The smallest absolute Gasteiger partial charge is 0.183 e. The van der Waals surface area contributed by atoms with Gasteiger partial charge in [0.05, 0.1) is 16.3 Å². The van der Waals surface area contributed by atoms with E-state index in [4.69, 9.17) is 4.74 Å². The Morgan fingerprint density at radius 3 is 3.24 bits per heavy atom. The number of benzene rings is 1. The number of fused-ring (bicyclic) bond motifs is 1. The first-order chi connectivity index (χ1) is 8.33. The van der Waals surface area contributed by atoms with Gasteiger partial charge in [-0.15, -0.1) is 0 Å². The van der Waals surface area contributed by atoms with Crippen LogP contribution in [0.2, 0.25) is 0 Å². The predicted octanol–water partition coefficient (Wildman–Crippen LogP) is 3.20. The molecule has 90 valence electrons. The number of anilines is 1. The molecule has 1 aromatic carbocycles. The fraction of sp³-hybridized carbons (Fsp3) is 0.462. The molecule has 3 rings (SSSR count). The molecule has 1 N–H and O–H groups in total. The van der Waals surface area contributed by atoms with Crippen molar-refractivity contribution in [2.75, 3.05) is 18.5 Å². The number of aromatic nitrogens is 1. The van der Waals surface area contributed by atoms with E-state index in [1.54, 1.807) is 11.3 Å². The second kappa shape index (κ2) is 4.63. The number of aryl methyl sites for hydroxylation is 1. The first kappa shape index (κ1) is 11.0. The minimum atomic E-state index is 0.364. The van der Waals surface area contributed by atoms with E-state index >= 15 is 0 Å². The fourth-order valence-corrected chi connectivity index (χ4v) is 3.12. The van der Waals surface area contributed by atoms with Gasteiger partial charge in [-0.25, -0.2) is 4.98 Å². The van der Waals surface area contributed by atoms with Crippen molar-refractivity contribution in [3.8, 4) is 0 Å². The van der Waals surface area contributed by atoms with Crippen molar-refractivity contribution in [1.29, 1.82) is 0 Å². The van der Waals surface area contributed by atoms with Crippen LogP contribution in [0.15, 0.2) is 18.2 Å². The predicted molar refractivity (Wildman–Crippen MR) is 71.8 cm³/mol. The van der Waals surface area contributed by atoms with Crippen molar-refractivity contribution >= 4 is 26.7 Å². The zero-order valence-electron chi connectivity index (χ0n) is 9.90. The van der Waals surface area contributed by atoms with E-state index in [9.17, 15) is 0 Å². The number of thiazole rings is 1. The summed E-state index contributed by atoms with van der Waals surface area (Å²) in [7, 11) is 0. The first-order valence-corrected chi connectivity index (χ1v) is 6.86. The van der Waals surface area contributed by atoms with Crippen molar-refractivity contribution in [2.45, 2.75) is 25.9 Å². The molecule has 0 unspecified atom stereocenters. The molecule has 4 heteroatoms. The third kappa shape index (κ3) is 2.28. The van der Waals surface area contributed by atoms with Gasteiger partial charge in [-0.1, -0.05) is 23.5 Å². The molecule has 2 heterocycles. The summed E-state index contributed by atoms with van der Waals surface area (Å²) in [5.74, 6) is 0. The van der Waals surface area contributed by atoms with Gasteiger partial charge in [-0.3, -0.25) is 0 Å². The molecule has 1 aliphatic rings. The lowest BCUT2D eigenvalue weighted by atomic mass is 10.2. The highest BCUT2D eigenvalue weighted by Crippen LogP contribution is 2.28. The van der Waals surface area contributed by atoms with Crippen molar-refractivity contribution < 1.29 is 4.74 Å². The van der Waals surface area contributed by atoms with Gasteiger partial charge in [-0.05, 0) is 31.4 Å². The van der Waals surface area contributed by atoms with Gasteiger partial charge in [0.2, 0.25) is 0 Å². The summed E-state index contributed by atoms with van der Waals surface area (Å²) >= 11 is 1.72. The third-order valence-electron chi connectivity index (χ3n) is 3.13. The van der Waals surface area contributed by atoms with Crippen LogP contribution in [0.25, 0.3) is 10.2 Å². The van der Waals surface area contributed by atoms with E-state index in [1.807, 2.05) is 0 Å². The second-order valence-corrected chi connectivity index (χ2v) is 5.49. The maximum absolute atomic E-state index is 5.59. The van der Waals surface area contributed by atoms with Crippen LogP contribution in [0, 0.1) is 6.92 Å². The highest BCUT2D eigenvalue weighted by molar-refractivity contribution is 7.22. The molecule has 0 bridgehead atoms. The van der Waals surface area contributed by atoms with Crippen molar-refractivity contribution in [2.24, 2.45) is 0 Å². The number of hydrogen-bond donors (Lipinski definition) is 1. The number of ether oxygens (including phenoxy) is 1. The summed E-state index contributed by atoms with van der Waals surface area (Å²) in [5, 5.41) is 4.39. The molecule has 0 aliphatic carbocycles. The number of rotatable bonds is 3. The van der Waals surface area contributed by atoms with Crippen molar-refractivity contribution in [3.05, 3.63) is 23.8 Å². The highest BCUT2D eigenvalue weighted by atomic mass is 32.1. The summed E-state index contributed by atoms with van der Waals surface area (Å²) in [5.41, 5.74) is 2.36. The second-order valence-electron chi connectivity index (χ2n) is 4.46. The Morgan fingerprint density at radius 2 is 2.47 bits per heavy atom. The zero-order chi connectivity index (χ0) is 11.7. The fourth-order valence-electron chi connectivity index (χ4n) is 2.17. The summed E-state index contributed by atoms with van der Waals surface area (Å²) in [6.45, 7) is 3.89. The number of hydrogen-bond acceptors (Lipinski definition) is 4. The SMILES string of the molecule is Cc1cccc2sc(NC[C@H]3CCCO3)nc12. The average molecular weight is 248 g/mol. The standard InChI is InChI=1S/C13H16N2OS/c1-9-4-2-6-11-12(9)15-13(17-11)14-8-10-5-3-7-16-10/h2,4,6,10H,3,5,7-8H2,1H3,(H,14,15)/t10-/m1/s1. The molecule has 1 saturated heterocycles.